The fourth-order valence-corrected chi connectivity index (χ4v) is 3.70. The molecule has 8 nitrogen and oxygen atoms in total. The number of furan rings is 1. The standard InChI is InChI=1S/C23H33N5O3/c1-27(2)13-10-24-22(29)19-8-5-7-18(15-19)16-25-23(30)26-17-20(21-9-6-14-31-21)28-11-3-4-12-28/h5-9,14-15,20H,3-4,10-13,16-17H2,1-2H3,(H,24,29)(H2,25,26,30). The van der Waals surface area contributed by atoms with Crippen LogP contribution in [-0.2, 0) is 6.54 Å². The summed E-state index contributed by atoms with van der Waals surface area (Å²) in [4.78, 5) is 29.0. The van der Waals surface area contributed by atoms with Gasteiger partial charge in [0.05, 0.1) is 12.3 Å². The minimum Gasteiger partial charge on any atom is -0.468 e. The number of hydrogen-bond donors (Lipinski definition) is 3. The lowest BCUT2D eigenvalue weighted by atomic mass is 10.1. The van der Waals surface area contributed by atoms with Gasteiger partial charge in [0.25, 0.3) is 5.91 Å². The zero-order valence-corrected chi connectivity index (χ0v) is 18.4. The molecular formula is C23H33N5O3. The van der Waals surface area contributed by atoms with E-state index in [4.69, 9.17) is 4.42 Å². The van der Waals surface area contributed by atoms with E-state index in [1.165, 1.54) is 12.8 Å². The van der Waals surface area contributed by atoms with Gasteiger partial charge in [0.2, 0.25) is 0 Å². The third kappa shape index (κ3) is 7.11. The minimum atomic E-state index is -0.239. The van der Waals surface area contributed by atoms with Crippen LogP contribution in [0.4, 0.5) is 4.79 Å². The molecule has 0 bridgehead atoms. The van der Waals surface area contributed by atoms with Gasteiger partial charge >= 0.3 is 6.03 Å². The lowest BCUT2D eigenvalue weighted by Crippen LogP contribution is -2.41. The second kappa shape index (κ2) is 11.5. The van der Waals surface area contributed by atoms with Gasteiger partial charge in [0.15, 0.2) is 0 Å². The van der Waals surface area contributed by atoms with Gasteiger partial charge < -0.3 is 25.3 Å². The molecule has 1 fully saturated rings. The zero-order valence-electron chi connectivity index (χ0n) is 18.4. The summed E-state index contributed by atoms with van der Waals surface area (Å²) in [5.74, 6) is 0.759. The summed E-state index contributed by atoms with van der Waals surface area (Å²) >= 11 is 0. The number of benzene rings is 1. The maximum atomic E-state index is 12.4. The van der Waals surface area contributed by atoms with Crippen molar-refractivity contribution in [1.29, 1.82) is 0 Å². The van der Waals surface area contributed by atoms with E-state index in [-0.39, 0.29) is 18.0 Å². The molecular weight excluding hydrogens is 394 g/mol. The highest BCUT2D eigenvalue weighted by Gasteiger charge is 2.25. The Labute approximate surface area is 184 Å². The molecule has 1 aromatic carbocycles. The molecule has 1 aromatic heterocycles. The van der Waals surface area contributed by atoms with Crippen molar-refractivity contribution in [3.8, 4) is 0 Å². The SMILES string of the molecule is CN(C)CCNC(=O)c1cccc(CNC(=O)NCC(c2ccco2)N2CCCC2)c1. The number of likely N-dealkylation sites (N-methyl/N-ethyl adjacent to an activating group) is 1. The first-order chi connectivity index (χ1) is 15.0. The van der Waals surface area contributed by atoms with Gasteiger partial charge in [-0.1, -0.05) is 12.1 Å². The molecule has 0 aliphatic carbocycles. The Morgan fingerprint density at radius 3 is 2.61 bits per heavy atom. The van der Waals surface area contributed by atoms with Crippen LogP contribution in [0.25, 0.3) is 0 Å². The Kier molecular flexibility index (Phi) is 8.49. The third-order valence-electron chi connectivity index (χ3n) is 5.40. The largest absolute Gasteiger partial charge is 0.468 e. The number of nitrogens with zero attached hydrogens (tertiary/aromatic N) is 2. The van der Waals surface area contributed by atoms with E-state index in [0.29, 0.717) is 25.2 Å². The molecule has 1 aliphatic rings. The van der Waals surface area contributed by atoms with Crippen molar-refractivity contribution < 1.29 is 14.0 Å². The predicted octanol–water partition coefficient (Wildman–Crippen LogP) is 2.21. The molecule has 168 valence electrons. The number of likely N-dealkylation sites (tertiary alicyclic amines) is 1. The van der Waals surface area contributed by atoms with Crippen LogP contribution < -0.4 is 16.0 Å². The van der Waals surface area contributed by atoms with Crippen molar-refractivity contribution >= 4 is 11.9 Å². The summed E-state index contributed by atoms with van der Waals surface area (Å²) in [6.07, 6.45) is 4.01. The number of urea groups is 1. The van der Waals surface area contributed by atoms with Gasteiger partial charge in [-0.05, 0) is 69.9 Å². The molecule has 3 amide bonds. The van der Waals surface area contributed by atoms with Crippen LogP contribution in [0, 0.1) is 0 Å². The molecule has 8 heteroatoms. The molecule has 3 rings (SSSR count). The fraction of sp³-hybridized carbons (Fsp3) is 0.478. The van der Waals surface area contributed by atoms with Crippen LogP contribution in [-0.4, -0.2) is 68.6 Å². The first-order valence-corrected chi connectivity index (χ1v) is 10.8. The summed E-state index contributed by atoms with van der Waals surface area (Å²) in [7, 11) is 3.93. The van der Waals surface area contributed by atoms with Crippen LogP contribution in [0.15, 0.2) is 47.1 Å². The van der Waals surface area contributed by atoms with E-state index in [1.54, 1.807) is 18.4 Å². The van der Waals surface area contributed by atoms with Crippen molar-refractivity contribution in [2.24, 2.45) is 0 Å². The van der Waals surface area contributed by atoms with Crippen LogP contribution in [0.3, 0.4) is 0 Å². The van der Waals surface area contributed by atoms with Crippen molar-refractivity contribution in [3.05, 3.63) is 59.5 Å². The van der Waals surface area contributed by atoms with Crippen molar-refractivity contribution in [3.63, 3.8) is 0 Å². The quantitative estimate of drug-likeness (QED) is 0.541. The molecule has 3 N–H and O–H groups in total. The number of rotatable bonds is 10. The Morgan fingerprint density at radius 2 is 1.90 bits per heavy atom. The average molecular weight is 428 g/mol. The van der Waals surface area contributed by atoms with Crippen molar-refractivity contribution in [1.82, 2.24) is 25.8 Å². The van der Waals surface area contributed by atoms with E-state index in [0.717, 1.165) is 31.0 Å². The molecule has 1 unspecified atom stereocenters. The maximum absolute atomic E-state index is 12.4. The van der Waals surface area contributed by atoms with Crippen molar-refractivity contribution in [2.75, 3.05) is 46.8 Å². The lowest BCUT2D eigenvalue weighted by molar-refractivity contribution is 0.0951. The van der Waals surface area contributed by atoms with E-state index in [1.807, 2.05) is 43.3 Å². The normalized spacial score (nSPS) is 15.1. The Bertz CT molecular complexity index is 831. The molecule has 0 radical (unpaired) electrons. The summed E-state index contributed by atoms with van der Waals surface area (Å²) in [5, 5.41) is 8.74. The minimum absolute atomic E-state index is 0.0393. The number of nitrogens with one attached hydrogen (secondary N) is 3. The number of amides is 3. The Balaban J connectivity index is 1.47. The number of carbonyl (C=O) groups excluding carboxylic acids is 2. The van der Waals surface area contributed by atoms with Gasteiger partial charge in [0, 0.05) is 31.7 Å². The second-order valence-corrected chi connectivity index (χ2v) is 8.10. The lowest BCUT2D eigenvalue weighted by Gasteiger charge is -2.26. The van der Waals surface area contributed by atoms with E-state index < -0.39 is 0 Å². The van der Waals surface area contributed by atoms with E-state index in [2.05, 4.69) is 20.9 Å². The third-order valence-corrected chi connectivity index (χ3v) is 5.40. The van der Waals surface area contributed by atoms with Gasteiger partial charge in [-0.25, -0.2) is 4.79 Å². The van der Waals surface area contributed by atoms with Crippen molar-refractivity contribution in [2.45, 2.75) is 25.4 Å². The first-order valence-electron chi connectivity index (χ1n) is 10.8. The maximum Gasteiger partial charge on any atom is 0.315 e. The van der Waals surface area contributed by atoms with Gasteiger partial charge in [0.1, 0.15) is 5.76 Å². The van der Waals surface area contributed by atoms with Crippen LogP contribution in [0.2, 0.25) is 0 Å². The Hall–Kier alpha value is -2.84. The highest BCUT2D eigenvalue weighted by Crippen LogP contribution is 2.24. The molecule has 31 heavy (non-hydrogen) atoms. The summed E-state index contributed by atoms with van der Waals surface area (Å²) in [6, 6.07) is 10.9. The second-order valence-electron chi connectivity index (χ2n) is 8.10. The molecule has 1 atom stereocenters. The van der Waals surface area contributed by atoms with Crippen LogP contribution in [0.1, 0.15) is 40.6 Å². The summed E-state index contributed by atoms with van der Waals surface area (Å²) < 4.78 is 5.59. The first kappa shape index (κ1) is 22.8. The zero-order chi connectivity index (χ0) is 22.1. The topological polar surface area (TPSA) is 89.8 Å². The monoisotopic (exact) mass is 427 g/mol. The molecule has 0 saturated carbocycles. The Morgan fingerprint density at radius 1 is 1.10 bits per heavy atom. The summed E-state index contributed by atoms with van der Waals surface area (Å²) in [6.45, 7) is 4.22. The van der Waals surface area contributed by atoms with Gasteiger partial charge in [-0.3, -0.25) is 9.69 Å². The molecule has 2 aromatic rings. The highest BCUT2D eigenvalue weighted by atomic mass is 16.3. The van der Waals surface area contributed by atoms with Gasteiger partial charge in [-0.15, -0.1) is 0 Å². The summed E-state index contributed by atoms with van der Waals surface area (Å²) in [5.41, 5.74) is 1.46. The molecule has 0 spiro atoms. The van der Waals surface area contributed by atoms with Crippen LogP contribution in [0.5, 0.6) is 0 Å². The van der Waals surface area contributed by atoms with Gasteiger partial charge in [-0.2, -0.15) is 0 Å². The molecule has 1 aliphatic heterocycles. The molecule has 2 heterocycles. The highest BCUT2D eigenvalue weighted by molar-refractivity contribution is 5.94. The average Bonchev–Trinajstić information content (AvgIpc) is 3.47. The smallest absolute Gasteiger partial charge is 0.315 e. The van der Waals surface area contributed by atoms with E-state index in [9.17, 15) is 9.59 Å². The van der Waals surface area contributed by atoms with Crippen LogP contribution >= 0.6 is 0 Å². The fourth-order valence-electron chi connectivity index (χ4n) is 3.70. The van der Waals surface area contributed by atoms with E-state index >= 15 is 0 Å². The number of hydrogen-bond acceptors (Lipinski definition) is 5. The predicted molar refractivity (Wildman–Crippen MR) is 120 cm³/mol. The number of carbonyl (C=O) groups is 2. The molecule has 1 saturated heterocycles.